The van der Waals surface area contributed by atoms with Gasteiger partial charge in [-0.15, -0.1) is 0 Å². The van der Waals surface area contributed by atoms with Crippen LogP contribution < -0.4 is 0 Å². The van der Waals surface area contributed by atoms with E-state index in [2.05, 4.69) is 0 Å². The van der Waals surface area contributed by atoms with Gasteiger partial charge in [0.25, 0.3) is 0 Å². The largest absolute Gasteiger partial charge is 0.383 e. The molecule has 0 aromatic heterocycles. The number of rotatable bonds is 4. The first kappa shape index (κ1) is 11.4. The van der Waals surface area contributed by atoms with Gasteiger partial charge in [0.2, 0.25) is 5.78 Å². The molecule has 5 nitrogen and oxygen atoms in total. The Bertz CT molecular complexity index is 251. The number of carbonyl (C=O) groups excluding carboxylic acids is 1. The van der Waals surface area contributed by atoms with Crippen molar-refractivity contribution in [2.24, 2.45) is 0 Å². The topological polar surface area (TPSA) is 63.5 Å². The number of nitrogens with zero attached hydrogens (tertiary/aromatic N) is 2. The normalized spacial score (nSPS) is 11.8. The van der Waals surface area contributed by atoms with Crippen LogP contribution in [0.3, 0.4) is 0 Å². The van der Waals surface area contributed by atoms with Gasteiger partial charge in [0.1, 0.15) is 0 Å². The maximum absolute atomic E-state index is 10.7. The van der Waals surface area contributed by atoms with Crippen LogP contribution in [0.2, 0.25) is 0 Å². The number of Topliss-reactive ketones (excluding diaryl/α,β-unsaturated/α-hetero) is 1. The summed E-state index contributed by atoms with van der Waals surface area (Å²) in [5, 5.41) is 10.3. The zero-order chi connectivity index (χ0) is 10.4. The molecule has 0 fully saturated rings. The van der Waals surface area contributed by atoms with E-state index in [0.29, 0.717) is 0 Å². The van der Waals surface area contributed by atoms with E-state index in [1.165, 1.54) is 12.2 Å². The Labute approximate surface area is 76.5 Å². The van der Waals surface area contributed by atoms with Crippen molar-refractivity contribution in [1.29, 1.82) is 0 Å². The second-order valence-electron chi connectivity index (χ2n) is 2.67. The minimum atomic E-state index is -0.692. The Balaban J connectivity index is 4.56. The zero-order valence-electron chi connectivity index (χ0n) is 7.85. The van der Waals surface area contributed by atoms with E-state index in [4.69, 9.17) is 0 Å². The first-order valence-corrected chi connectivity index (χ1v) is 3.65. The SMILES string of the molecule is CC(=O)/C(=C\C=C\N(C)C)[N+](=O)[O-]. The summed E-state index contributed by atoms with van der Waals surface area (Å²) in [5.41, 5.74) is -0.405. The molecule has 0 saturated carbocycles. The Morgan fingerprint density at radius 3 is 2.31 bits per heavy atom. The van der Waals surface area contributed by atoms with Crippen molar-refractivity contribution >= 4 is 5.78 Å². The number of hydrogen-bond donors (Lipinski definition) is 0. The minimum absolute atomic E-state index is 0.405. The lowest BCUT2D eigenvalue weighted by Gasteiger charge is -2.00. The smallest absolute Gasteiger partial charge is 0.311 e. The highest BCUT2D eigenvalue weighted by Gasteiger charge is 2.14. The van der Waals surface area contributed by atoms with Crippen LogP contribution in [0.25, 0.3) is 0 Å². The minimum Gasteiger partial charge on any atom is -0.383 e. The van der Waals surface area contributed by atoms with Crippen molar-refractivity contribution in [2.45, 2.75) is 6.92 Å². The molecular weight excluding hydrogens is 172 g/mol. The third-order valence-electron chi connectivity index (χ3n) is 1.20. The van der Waals surface area contributed by atoms with E-state index in [0.717, 1.165) is 6.92 Å². The summed E-state index contributed by atoms with van der Waals surface area (Å²) in [7, 11) is 3.56. The molecule has 0 radical (unpaired) electrons. The van der Waals surface area contributed by atoms with Gasteiger partial charge in [-0.2, -0.15) is 0 Å². The molecule has 0 aromatic rings. The maximum atomic E-state index is 10.7. The fraction of sp³-hybridized carbons (Fsp3) is 0.375. The van der Waals surface area contributed by atoms with Gasteiger partial charge < -0.3 is 4.90 Å². The van der Waals surface area contributed by atoms with E-state index in [1.807, 2.05) is 0 Å². The molecular formula is C8H12N2O3. The van der Waals surface area contributed by atoms with Gasteiger partial charge in [0.15, 0.2) is 0 Å². The highest BCUT2D eigenvalue weighted by atomic mass is 16.6. The summed E-state index contributed by atoms with van der Waals surface area (Å²) in [5.74, 6) is -0.548. The Morgan fingerprint density at radius 1 is 1.46 bits per heavy atom. The number of nitro groups is 1. The molecule has 0 amide bonds. The molecule has 0 unspecified atom stereocenters. The number of hydrogen-bond acceptors (Lipinski definition) is 4. The van der Waals surface area contributed by atoms with Crippen molar-refractivity contribution in [3.05, 3.63) is 34.2 Å². The molecule has 0 bridgehead atoms. The fourth-order valence-electron chi connectivity index (χ4n) is 0.613. The third-order valence-corrected chi connectivity index (χ3v) is 1.20. The zero-order valence-corrected chi connectivity index (χ0v) is 7.85. The van der Waals surface area contributed by atoms with Gasteiger partial charge >= 0.3 is 5.70 Å². The van der Waals surface area contributed by atoms with E-state index in [-0.39, 0.29) is 0 Å². The van der Waals surface area contributed by atoms with Crippen molar-refractivity contribution in [2.75, 3.05) is 14.1 Å². The molecule has 0 aliphatic carbocycles. The van der Waals surface area contributed by atoms with Crippen molar-refractivity contribution < 1.29 is 9.72 Å². The van der Waals surface area contributed by atoms with Crippen LogP contribution in [0.4, 0.5) is 0 Å². The Hall–Kier alpha value is -1.65. The van der Waals surface area contributed by atoms with Gasteiger partial charge in [-0.1, -0.05) is 0 Å². The number of carbonyl (C=O) groups is 1. The summed E-state index contributed by atoms with van der Waals surface area (Å²) in [6.07, 6.45) is 4.26. The van der Waals surface area contributed by atoms with Crippen molar-refractivity contribution in [3.63, 3.8) is 0 Å². The first-order valence-electron chi connectivity index (χ1n) is 3.65. The average molecular weight is 184 g/mol. The van der Waals surface area contributed by atoms with Crippen molar-refractivity contribution in [3.8, 4) is 0 Å². The van der Waals surface area contributed by atoms with Crippen LogP contribution in [0, 0.1) is 10.1 Å². The molecule has 72 valence electrons. The fourth-order valence-corrected chi connectivity index (χ4v) is 0.613. The summed E-state index contributed by atoms with van der Waals surface area (Å²) >= 11 is 0. The van der Waals surface area contributed by atoms with Crippen LogP contribution in [0.1, 0.15) is 6.92 Å². The molecule has 0 saturated heterocycles. The molecule has 0 spiro atoms. The standard InChI is InChI=1S/C8H12N2O3/c1-7(11)8(10(12)13)5-4-6-9(2)3/h4-6H,1-3H3/b6-4+,8-5+. The highest BCUT2D eigenvalue weighted by Crippen LogP contribution is 1.97. The molecule has 0 heterocycles. The molecule has 5 heteroatoms. The first-order chi connectivity index (χ1) is 5.95. The molecule has 0 aliphatic heterocycles. The van der Waals surface area contributed by atoms with Gasteiger partial charge in [-0.25, -0.2) is 0 Å². The second kappa shape index (κ2) is 5.08. The number of allylic oxidation sites excluding steroid dienone is 3. The van der Waals surface area contributed by atoms with Crippen LogP contribution >= 0.6 is 0 Å². The third kappa shape index (κ3) is 4.73. The molecule has 0 aliphatic rings. The predicted molar refractivity (Wildman–Crippen MR) is 48.6 cm³/mol. The number of ketones is 1. The summed E-state index contributed by atoms with van der Waals surface area (Å²) in [6, 6.07) is 0. The average Bonchev–Trinajstić information content (AvgIpc) is 1.95. The van der Waals surface area contributed by atoms with Crippen LogP contribution in [0.5, 0.6) is 0 Å². The van der Waals surface area contributed by atoms with Gasteiger partial charge in [0.05, 0.1) is 4.92 Å². The van der Waals surface area contributed by atoms with E-state index >= 15 is 0 Å². The van der Waals surface area contributed by atoms with Gasteiger partial charge in [-0.3, -0.25) is 14.9 Å². The van der Waals surface area contributed by atoms with Gasteiger partial charge in [-0.05, 0) is 12.3 Å². The summed E-state index contributed by atoms with van der Waals surface area (Å²) in [6.45, 7) is 1.16. The van der Waals surface area contributed by atoms with Crippen LogP contribution in [-0.4, -0.2) is 29.7 Å². The van der Waals surface area contributed by atoms with Gasteiger partial charge in [0, 0.05) is 27.1 Å². The predicted octanol–water partition coefficient (Wildman–Crippen LogP) is 0.811. The lowest BCUT2D eigenvalue weighted by atomic mass is 10.3. The Morgan fingerprint density at radius 2 is 2.00 bits per heavy atom. The van der Waals surface area contributed by atoms with E-state index in [9.17, 15) is 14.9 Å². The second-order valence-corrected chi connectivity index (χ2v) is 2.67. The Kier molecular flexibility index (Phi) is 4.43. The van der Waals surface area contributed by atoms with Crippen LogP contribution in [0.15, 0.2) is 24.0 Å². The molecule has 0 atom stereocenters. The maximum Gasteiger partial charge on any atom is 0.311 e. The lowest BCUT2D eigenvalue weighted by molar-refractivity contribution is -0.418. The molecule has 0 N–H and O–H groups in total. The van der Waals surface area contributed by atoms with E-state index in [1.54, 1.807) is 25.2 Å². The molecule has 0 rings (SSSR count). The van der Waals surface area contributed by atoms with Crippen molar-refractivity contribution in [1.82, 2.24) is 4.90 Å². The molecule has 13 heavy (non-hydrogen) atoms. The summed E-state index contributed by atoms with van der Waals surface area (Å²) < 4.78 is 0. The van der Waals surface area contributed by atoms with Crippen LogP contribution in [-0.2, 0) is 4.79 Å². The quantitative estimate of drug-likeness (QED) is 0.281. The summed E-state index contributed by atoms with van der Waals surface area (Å²) in [4.78, 5) is 22.0. The highest BCUT2D eigenvalue weighted by molar-refractivity contribution is 5.90. The lowest BCUT2D eigenvalue weighted by Crippen LogP contribution is -2.07. The monoisotopic (exact) mass is 184 g/mol. The van der Waals surface area contributed by atoms with E-state index < -0.39 is 16.4 Å². The molecule has 0 aromatic carbocycles.